The monoisotopic (exact) mass is 267 g/mol. The number of aryl methyl sites for hydroxylation is 1. The van der Waals surface area contributed by atoms with Crippen LogP contribution in [0, 0.1) is 6.92 Å². The minimum Gasteiger partial charge on any atom is -0.497 e. The molecule has 0 saturated carbocycles. The fraction of sp³-hybridized carbons (Fsp3) is 0.231. The highest BCUT2D eigenvalue weighted by Gasteiger charge is 2.13. The first-order valence-electron chi connectivity index (χ1n) is 5.27. The summed E-state index contributed by atoms with van der Waals surface area (Å²) in [7, 11) is 1.65. The Morgan fingerprint density at radius 1 is 1.29 bits per heavy atom. The van der Waals surface area contributed by atoms with Crippen molar-refractivity contribution < 1.29 is 4.74 Å². The molecule has 2 aromatic rings. The van der Waals surface area contributed by atoms with Crippen LogP contribution < -0.4 is 10.5 Å². The molecule has 0 fully saturated rings. The van der Waals surface area contributed by atoms with Crippen molar-refractivity contribution in [1.29, 1.82) is 0 Å². The molecule has 0 aliphatic carbocycles. The molecular formula is C13H14ClNOS. The first-order valence-corrected chi connectivity index (χ1v) is 6.46. The molecule has 1 atom stereocenters. The lowest BCUT2D eigenvalue weighted by Gasteiger charge is -2.10. The van der Waals surface area contributed by atoms with Crippen molar-refractivity contribution >= 4 is 22.9 Å². The third-order valence-corrected chi connectivity index (χ3v) is 4.30. The highest BCUT2D eigenvalue weighted by atomic mass is 35.5. The van der Waals surface area contributed by atoms with E-state index in [4.69, 9.17) is 22.1 Å². The molecule has 0 aliphatic heterocycles. The Morgan fingerprint density at radius 3 is 2.41 bits per heavy atom. The second kappa shape index (κ2) is 5.08. The molecule has 1 aromatic carbocycles. The van der Waals surface area contributed by atoms with Crippen molar-refractivity contribution in [2.45, 2.75) is 13.0 Å². The van der Waals surface area contributed by atoms with Crippen LogP contribution in [0.4, 0.5) is 0 Å². The van der Waals surface area contributed by atoms with Gasteiger partial charge in [0, 0.05) is 4.88 Å². The molecule has 2 rings (SSSR count). The van der Waals surface area contributed by atoms with Gasteiger partial charge in [-0.2, -0.15) is 0 Å². The zero-order valence-corrected chi connectivity index (χ0v) is 11.3. The van der Waals surface area contributed by atoms with Crippen molar-refractivity contribution in [3.05, 3.63) is 50.7 Å². The maximum Gasteiger partial charge on any atom is 0.118 e. The average Bonchev–Trinajstić information content (AvgIpc) is 2.69. The minimum atomic E-state index is -0.128. The summed E-state index contributed by atoms with van der Waals surface area (Å²) in [4.78, 5) is 1.08. The Morgan fingerprint density at radius 2 is 1.94 bits per heavy atom. The maximum atomic E-state index is 6.20. The second-order valence-corrected chi connectivity index (χ2v) is 5.54. The van der Waals surface area contributed by atoms with E-state index in [2.05, 4.69) is 0 Å². The first-order chi connectivity index (χ1) is 8.11. The van der Waals surface area contributed by atoms with E-state index in [-0.39, 0.29) is 6.04 Å². The summed E-state index contributed by atoms with van der Waals surface area (Å²) in [6, 6.07) is 9.70. The zero-order valence-electron chi connectivity index (χ0n) is 9.74. The maximum absolute atomic E-state index is 6.20. The van der Waals surface area contributed by atoms with Crippen molar-refractivity contribution in [2.75, 3.05) is 7.11 Å². The molecule has 2 N–H and O–H groups in total. The number of halogens is 1. The molecule has 0 spiro atoms. The summed E-state index contributed by atoms with van der Waals surface area (Å²) in [6.07, 6.45) is 0. The third-order valence-electron chi connectivity index (χ3n) is 2.66. The third kappa shape index (κ3) is 2.63. The van der Waals surface area contributed by atoms with E-state index in [1.54, 1.807) is 7.11 Å². The summed E-state index contributed by atoms with van der Waals surface area (Å²) >= 11 is 7.59. The quantitative estimate of drug-likeness (QED) is 0.919. The Bertz CT molecular complexity index is 487. The number of methoxy groups -OCH3 is 1. The second-order valence-electron chi connectivity index (χ2n) is 3.86. The molecule has 0 aliphatic rings. The van der Waals surface area contributed by atoms with Crippen LogP contribution in [-0.2, 0) is 0 Å². The van der Waals surface area contributed by atoms with Gasteiger partial charge in [-0.25, -0.2) is 0 Å². The summed E-state index contributed by atoms with van der Waals surface area (Å²) in [6.45, 7) is 1.99. The van der Waals surface area contributed by atoms with E-state index in [9.17, 15) is 0 Å². The summed E-state index contributed by atoms with van der Waals surface area (Å²) in [5.41, 5.74) is 8.34. The molecule has 1 aromatic heterocycles. The molecule has 0 radical (unpaired) electrons. The molecule has 1 unspecified atom stereocenters. The van der Waals surface area contributed by atoms with Crippen LogP contribution in [0.3, 0.4) is 0 Å². The van der Waals surface area contributed by atoms with E-state index in [1.165, 1.54) is 11.3 Å². The number of hydrogen-bond acceptors (Lipinski definition) is 3. The van der Waals surface area contributed by atoms with Gasteiger partial charge in [0.2, 0.25) is 0 Å². The average molecular weight is 268 g/mol. The van der Waals surface area contributed by atoms with Gasteiger partial charge in [-0.1, -0.05) is 23.7 Å². The zero-order chi connectivity index (χ0) is 12.4. The highest BCUT2D eigenvalue weighted by Crippen LogP contribution is 2.33. The predicted molar refractivity (Wildman–Crippen MR) is 73.1 cm³/mol. The molecule has 4 heteroatoms. The topological polar surface area (TPSA) is 35.2 Å². The Kier molecular flexibility index (Phi) is 3.72. The van der Waals surface area contributed by atoms with Crippen LogP contribution in [0.1, 0.15) is 22.0 Å². The van der Waals surface area contributed by atoms with Crippen LogP contribution >= 0.6 is 22.9 Å². The van der Waals surface area contributed by atoms with Gasteiger partial charge in [-0.3, -0.25) is 0 Å². The molecule has 0 amide bonds. The van der Waals surface area contributed by atoms with Gasteiger partial charge in [-0.05, 0) is 36.2 Å². The first kappa shape index (κ1) is 12.4. The van der Waals surface area contributed by atoms with Gasteiger partial charge in [-0.15, -0.1) is 11.3 Å². The number of nitrogens with two attached hydrogens (primary N) is 1. The van der Waals surface area contributed by atoms with E-state index >= 15 is 0 Å². The van der Waals surface area contributed by atoms with E-state index in [1.807, 2.05) is 37.3 Å². The molecular weight excluding hydrogens is 254 g/mol. The fourth-order valence-electron chi connectivity index (χ4n) is 1.61. The van der Waals surface area contributed by atoms with Gasteiger partial charge < -0.3 is 10.5 Å². The standard InChI is InChI=1S/C13H14ClNOS/c1-8-7-11(17-13(8)14)12(15)9-3-5-10(16-2)6-4-9/h3-7,12H,15H2,1-2H3. The lowest BCUT2D eigenvalue weighted by Crippen LogP contribution is -2.09. The van der Waals surface area contributed by atoms with Crippen LogP contribution in [0.2, 0.25) is 4.34 Å². The molecule has 0 saturated heterocycles. The largest absolute Gasteiger partial charge is 0.497 e. The van der Waals surface area contributed by atoms with Crippen molar-refractivity contribution in [2.24, 2.45) is 5.73 Å². The van der Waals surface area contributed by atoms with Crippen LogP contribution in [0.25, 0.3) is 0 Å². The Labute approximate surface area is 110 Å². The van der Waals surface area contributed by atoms with Gasteiger partial charge in [0.25, 0.3) is 0 Å². The van der Waals surface area contributed by atoms with Crippen LogP contribution in [0.5, 0.6) is 5.75 Å². The molecule has 90 valence electrons. The van der Waals surface area contributed by atoms with Gasteiger partial charge in [0.05, 0.1) is 17.5 Å². The smallest absolute Gasteiger partial charge is 0.118 e. The molecule has 17 heavy (non-hydrogen) atoms. The normalized spacial score (nSPS) is 12.5. The molecule has 0 bridgehead atoms. The summed E-state index contributed by atoms with van der Waals surface area (Å²) < 4.78 is 5.93. The molecule has 2 nitrogen and oxygen atoms in total. The lowest BCUT2D eigenvalue weighted by molar-refractivity contribution is 0.414. The molecule has 1 heterocycles. The van der Waals surface area contributed by atoms with Gasteiger partial charge in [0.1, 0.15) is 5.75 Å². The van der Waals surface area contributed by atoms with Gasteiger partial charge >= 0.3 is 0 Å². The Hall–Kier alpha value is -1.03. The van der Waals surface area contributed by atoms with Crippen molar-refractivity contribution in [1.82, 2.24) is 0 Å². The van der Waals surface area contributed by atoms with Crippen molar-refractivity contribution in [3.63, 3.8) is 0 Å². The van der Waals surface area contributed by atoms with E-state index < -0.39 is 0 Å². The predicted octanol–water partition coefficient (Wildman–Crippen LogP) is 3.77. The lowest BCUT2D eigenvalue weighted by atomic mass is 10.1. The summed E-state index contributed by atoms with van der Waals surface area (Å²) in [5.74, 6) is 0.835. The van der Waals surface area contributed by atoms with E-state index in [0.717, 1.165) is 26.1 Å². The Balaban J connectivity index is 2.26. The number of thiophene rings is 1. The summed E-state index contributed by atoms with van der Waals surface area (Å²) in [5, 5.41) is 0. The number of rotatable bonds is 3. The van der Waals surface area contributed by atoms with Crippen LogP contribution in [-0.4, -0.2) is 7.11 Å². The number of benzene rings is 1. The highest BCUT2D eigenvalue weighted by molar-refractivity contribution is 7.16. The van der Waals surface area contributed by atoms with Crippen molar-refractivity contribution in [3.8, 4) is 5.75 Å². The van der Waals surface area contributed by atoms with E-state index in [0.29, 0.717) is 0 Å². The minimum absolute atomic E-state index is 0.128. The number of ether oxygens (including phenoxy) is 1. The number of hydrogen-bond donors (Lipinski definition) is 1. The SMILES string of the molecule is COc1ccc(C(N)c2cc(C)c(Cl)s2)cc1. The van der Waals surface area contributed by atoms with Gasteiger partial charge in [0.15, 0.2) is 0 Å². The van der Waals surface area contributed by atoms with Crippen LogP contribution in [0.15, 0.2) is 30.3 Å². The fourth-order valence-corrected chi connectivity index (χ4v) is 2.86.